The molecule has 0 radical (unpaired) electrons. The number of H-pyrrole nitrogens is 1. The van der Waals surface area contributed by atoms with Gasteiger partial charge in [-0.15, -0.1) is 11.3 Å². The number of alkyl halides is 1. The van der Waals surface area contributed by atoms with Gasteiger partial charge in [0.05, 0.1) is 24.3 Å². The molecule has 1 amide bonds. The van der Waals surface area contributed by atoms with E-state index in [-0.39, 0.29) is 11.9 Å². The molecule has 106 valence electrons. The molecule has 0 aromatic carbocycles. The molecule has 1 fully saturated rings. The van der Waals surface area contributed by atoms with Gasteiger partial charge in [0, 0.05) is 5.38 Å². The van der Waals surface area contributed by atoms with Crippen molar-refractivity contribution in [1.82, 2.24) is 20.3 Å². The number of hydrogen-bond donors (Lipinski definition) is 2. The lowest BCUT2D eigenvalue weighted by Crippen LogP contribution is -2.43. The van der Waals surface area contributed by atoms with Gasteiger partial charge < -0.3 is 10.3 Å². The minimum absolute atomic E-state index is 0.304. The first-order valence-corrected chi connectivity index (χ1v) is 7.51. The van der Waals surface area contributed by atoms with Crippen LogP contribution in [-0.4, -0.2) is 33.1 Å². The lowest BCUT2D eigenvalue weighted by atomic mass is 9.93. The molecule has 1 aliphatic carbocycles. The van der Waals surface area contributed by atoms with Crippen LogP contribution in [0.25, 0.3) is 10.7 Å². The third kappa shape index (κ3) is 2.72. The molecular weight excluding hydrogens is 279 g/mol. The van der Waals surface area contributed by atoms with Gasteiger partial charge in [-0.25, -0.2) is 14.4 Å². The molecule has 20 heavy (non-hydrogen) atoms. The average Bonchev–Trinajstić information content (AvgIpc) is 3.11. The fourth-order valence-corrected chi connectivity index (χ4v) is 3.14. The molecule has 2 aromatic rings. The fourth-order valence-electron chi connectivity index (χ4n) is 2.37. The first-order valence-electron chi connectivity index (χ1n) is 6.63. The highest BCUT2D eigenvalue weighted by Gasteiger charge is 2.27. The smallest absolute Gasteiger partial charge is 0.271 e. The molecular formula is C13H15FN4OS. The second-order valence-corrected chi connectivity index (χ2v) is 5.74. The molecule has 0 aliphatic heterocycles. The monoisotopic (exact) mass is 294 g/mol. The highest BCUT2D eigenvalue weighted by molar-refractivity contribution is 7.13. The van der Waals surface area contributed by atoms with Gasteiger partial charge in [0.15, 0.2) is 0 Å². The molecule has 2 atom stereocenters. The summed E-state index contributed by atoms with van der Waals surface area (Å²) in [5, 5.41) is 5.13. The van der Waals surface area contributed by atoms with Gasteiger partial charge in [0.25, 0.3) is 5.91 Å². The summed E-state index contributed by atoms with van der Waals surface area (Å²) in [4.78, 5) is 23.2. The van der Waals surface area contributed by atoms with Gasteiger partial charge in [-0.1, -0.05) is 12.8 Å². The number of aromatic amines is 1. The van der Waals surface area contributed by atoms with E-state index in [1.165, 1.54) is 11.3 Å². The molecule has 0 saturated heterocycles. The molecule has 5 nitrogen and oxygen atoms in total. The number of carbonyl (C=O) groups excluding carboxylic acids is 1. The minimum atomic E-state index is -0.946. The number of nitrogens with one attached hydrogen (secondary N) is 2. The number of amides is 1. The number of hydrogen-bond acceptors (Lipinski definition) is 4. The van der Waals surface area contributed by atoms with Gasteiger partial charge in [0.2, 0.25) is 0 Å². The Balaban J connectivity index is 1.68. The van der Waals surface area contributed by atoms with E-state index in [1.54, 1.807) is 17.9 Å². The van der Waals surface area contributed by atoms with Crippen molar-refractivity contribution >= 4 is 17.2 Å². The first kappa shape index (κ1) is 13.2. The van der Waals surface area contributed by atoms with Gasteiger partial charge in [-0.2, -0.15) is 0 Å². The summed E-state index contributed by atoms with van der Waals surface area (Å²) in [7, 11) is 0. The maximum absolute atomic E-state index is 13.7. The van der Waals surface area contributed by atoms with E-state index < -0.39 is 6.17 Å². The van der Waals surface area contributed by atoms with Crippen LogP contribution in [0.2, 0.25) is 0 Å². The number of imidazole rings is 1. The van der Waals surface area contributed by atoms with Crippen molar-refractivity contribution in [2.45, 2.75) is 37.9 Å². The molecule has 1 saturated carbocycles. The second-order valence-electron chi connectivity index (χ2n) is 4.88. The summed E-state index contributed by atoms with van der Waals surface area (Å²) in [6.07, 6.45) is 5.35. The largest absolute Gasteiger partial charge is 0.345 e. The molecule has 0 bridgehead atoms. The lowest BCUT2D eigenvalue weighted by molar-refractivity contribution is 0.0880. The quantitative estimate of drug-likeness (QED) is 0.914. The zero-order valence-electron chi connectivity index (χ0n) is 10.8. The number of thiazole rings is 1. The normalized spacial score (nSPS) is 22.6. The summed E-state index contributed by atoms with van der Waals surface area (Å²) >= 11 is 1.36. The van der Waals surface area contributed by atoms with E-state index in [9.17, 15) is 9.18 Å². The van der Waals surface area contributed by atoms with Crippen LogP contribution in [0.5, 0.6) is 0 Å². The Morgan fingerprint density at radius 1 is 1.45 bits per heavy atom. The van der Waals surface area contributed by atoms with Crippen molar-refractivity contribution < 1.29 is 9.18 Å². The molecule has 1 aliphatic rings. The zero-order chi connectivity index (χ0) is 13.9. The molecule has 2 heterocycles. The van der Waals surface area contributed by atoms with Gasteiger partial charge >= 0.3 is 0 Å². The Hall–Kier alpha value is -1.76. The molecule has 3 rings (SSSR count). The average molecular weight is 294 g/mol. The lowest BCUT2D eigenvalue weighted by Gasteiger charge is -2.26. The van der Waals surface area contributed by atoms with Gasteiger partial charge in [-0.05, 0) is 12.8 Å². The summed E-state index contributed by atoms with van der Waals surface area (Å²) in [5.74, 6) is -0.304. The molecule has 7 heteroatoms. The third-order valence-electron chi connectivity index (χ3n) is 3.46. The van der Waals surface area contributed by atoms with Crippen LogP contribution < -0.4 is 5.32 Å². The van der Waals surface area contributed by atoms with Crippen molar-refractivity contribution in [2.75, 3.05) is 0 Å². The molecule has 2 aromatic heterocycles. The highest BCUT2D eigenvalue weighted by atomic mass is 32.1. The van der Waals surface area contributed by atoms with Crippen LogP contribution >= 0.6 is 11.3 Å². The summed E-state index contributed by atoms with van der Waals surface area (Å²) in [6.45, 7) is 0. The van der Waals surface area contributed by atoms with E-state index in [0.717, 1.165) is 18.5 Å². The highest BCUT2D eigenvalue weighted by Crippen LogP contribution is 2.23. The van der Waals surface area contributed by atoms with Crippen molar-refractivity contribution in [3.8, 4) is 10.7 Å². The number of nitrogens with zero attached hydrogens (tertiary/aromatic N) is 2. The third-order valence-corrected chi connectivity index (χ3v) is 4.34. The van der Waals surface area contributed by atoms with Gasteiger partial charge in [0.1, 0.15) is 16.9 Å². The standard InChI is InChI=1S/C13H15FN4OS/c14-8-3-1-2-4-9(8)17-12(19)11-6-20-13(18-11)10-5-15-7-16-10/h5-9H,1-4H2,(H,15,16)(H,17,19)/t8-,9-/m1/s1. The Bertz CT molecular complexity index is 583. The molecule has 2 N–H and O–H groups in total. The number of aromatic nitrogens is 3. The maximum Gasteiger partial charge on any atom is 0.271 e. The predicted molar refractivity (Wildman–Crippen MR) is 74.3 cm³/mol. The van der Waals surface area contributed by atoms with E-state index in [2.05, 4.69) is 20.3 Å². The maximum atomic E-state index is 13.7. The van der Waals surface area contributed by atoms with E-state index in [4.69, 9.17) is 0 Å². The Morgan fingerprint density at radius 2 is 2.30 bits per heavy atom. The number of halogens is 1. The van der Waals surface area contributed by atoms with Crippen LogP contribution in [0.15, 0.2) is 17.9 Å². The van der Waals surface area contributed by atoms with E-state index in [0.29, 0.717) is 23.5 Å². The van der Waals surface area contributed by atoms with E-state index >= 15 is 0 Å². The van der Waals surface area contributed by atoms with Crippen molar-refractivity contribution in [2.24, 2.45) is 0 Å². The molecule has 0 unspecified atom stereocenters. The van der Waals surface area contributed by atoms with Crippen LogP contribution in [0, 0.1) is 0 Å². The predicted octanol–water partition coefficient (Wildman–Crippen LogP) is 2.54. The van der Waals surface area contributed by atoms with Crippen LogP contribution in [0.1, 0.15) is 36.2 Å². The number of rotatable bonds is 3. The van der Waals surface area contributed by atoms with Crippen molar-refractivity contribution in [3.05, 3.63) is 23.6 Å². The van der Waals surface area contributed by atoms with Crippen LogP contribution in [0.4, 0.5) is 4.39 Å². The number of carbonyl (C=O) groups is 1. The zero-order valence-corrected chi connectivity index (χ0v) is 11.6. The fraction of sp³-hybridized carbons (Fsp3) is 0.462. The Labute approximate surface area is 119 Å². The summed E-state index contributed by atoms with van der Waals surface area (Å²) in [5.41, 5.74) is 1.10. The van der Waals surface area contributed by atoms with Crippen LogP contribution in [-0.2, 0) is 0 Å². The van der Waals surface area contributed by atoms with Crippen molar-refractivity contribution in [1.29, 1.82) is 0 Å². The SMILES string of the molecule is O=C(N[C@@H]1CCCC[C@H]1F)c1csc(-c2cnc[nH]2)n1. The molecule has 0 spiro atoms. The Kier molecular flexibility index (Phi) is 3.77. The second kappa shape index (κ2) is 5.70. The Morgan fingerprint density at radius 3 is 3.05 bits per heavy atom. The summed E-state index contributed by atoms with van der Waals surface area (Å²) < 4.78 is 13.7. The van der Waals surface area contributed by atoms with Crippen molar-refractivity contribution in [3.63, 3.8) is 0 Å². The topological polar surface area (TPSA) is 70.7 Å². The van der Waals surface area contributed by atoms with Crippen LogP contribution in [0.3, 0.4) is 0 Å². The van der Waals surface area contributed by atoms with E-state index in [1.807, 2.05) is 0 Å². The minimum Gasteiger partial charge on any atom is -0.345 e. The first-order chi connectivity index (χ1) is 9.74. The summed E-state index contributed by atoms with van der Waals surface area (Å²) in [6, 6.07) is -0.381. The van der Waals surface area contributed by atoms with Gasteiger partial charge in [-0.3, -0.25) is 4.79 Å².